The Morgan fingerprint density at radius 2 is 1.67 bits per heavy atom. The van der Waals surface area contributed by atoms with Crippen LogP contribution in [0.25, 0.3) is 0 Å². The highest BCUT2D eigenvalue weighted by Crippen LogP contribution is 2.61. The van der Waals surface area contributed by atoms with Crippen molar-refractivity contribution in [1.29, 1.82) is 0 Å². The van der Waals surface area contributed by atoms with E-state index in [9.17, 15) is 4.39 Å². The van der Waals surface area contributed by atoms with Crippen LogP contribution in [0, 0.1) is 11.8 Å². The molecule has 4 saturated carbocycles. The first kappa shape index (κ1) is 7.78. The summed E-state index contributed by atoms with van der Waals surface area (Å²) in [5.41, 5.74) is -0.784. The second-order valence-electron chi connectivity index (χ2n) is 5.26. The predicted octanol–water partition coefficient (Wildman–Crippen LogP) is 3.44. The standard InChI is InChI=1S/C10H14BrF/c11-9-2-7-1-8(3-9)5-10(12,4-7)6-9/h7-8H,1-6H2. The maximum Gasteiger partial charge on any atom is 0.113 e. The molecule has 4 rings (SSSR count). The second kappa shape index (κ2) is 2.08. The molecule has 12 heavy (non-hydrogen) atoms. The highest BCUT2D eigenvalue weighted by molar-refractivity contribution is 9.10. The van der Waals surface area contributed by atoms with Crippen molar-refractivity contribution in [3.8, 4) is 0 Å². The summed E-state index contributed by atoms with van der Waals surface area (Å²) in [5.74, 6) is 1.38. The van der Waals surface area contributed by atoms with Gasteiger partial charge in [-0.15, -0.1) is 0 Å². The minimum atomic E-state index is -0.784. The Morgan fingerprint density at radius 1 is 1.08 bits per heavy atom. The summed E-state index contributed by atoms with van der Waals surface area (Å²) in [5, 5.41) is 0. The van der Waals surface area contributed by atoms with Gasteiger partial charge in [0.25, 0.3) is 0 Å². The molecule has 0 aromatic carbocycles. The molecule has 0 aromatic heterocycles. The van der Waals surface area contributed by atoms with Gasteiger partial charge in [-0.3, -0.25) is 0 Å². The summed E-state index contributed by atoms with van der Waals surface area (Å²) in [6.45, 7) is 0. The second-order valence-corrected chi connectivity index (χ2v) is 6.95. The monoisotopic (exact) mass is 232 g/mol. The lowest BCUT2D eigenvalue weighted by Gasteiger charge is -2.56. The van der Waals surface area contributed by atoms with Crippen molar-refractivity contribution >= 4 is 15.9 Å². The van der Waals surface area contributed by atoms with E-state index in [4.69, 9.17) is 0 Å². The van der Waals surface area contributed by atoms with Gasteiger partial charge in [-0.1, -0.05) is 15.9 Å². The lowest BCUT2D eigenvalue weighted by atomic mass is 9.55. The Hall–Kier alpha value is 0.410. The summed E-state index contributed by atoms with van der Waals surface area (Å²) in [6.07, 6.45) is 6.27. The number of hydrogen-bond donors (Lipinski definition) is 0. The largest absolute Gasteiger partial charge is 0.244 e. The molecule has 0 amide bonds. The highest BCUT2D eigenvalue weighted by atomic mass is 79.9. The zero-order chi connectivity index (χ0) is 8.40. The van der Waals surface area contributed by atoms with Crippen molar-refractivity contribution in [3.63, 3.8) is 0 Å². The molecule has 0 spiro atoms. The van der Waals surface area contributed by atoms with E-state index in [1.54, 1.807) is 0 Å². The van der Waals surface area contributed by atoms with Crippen LogP contribution in [0.1, 0.15) is 38.5 Å². The molecule has 0 heterocycles. The van der Waals surface area contributed by atoms with Crippen LogP contribution >= 0.6 is 15.9 Å². The molecule has 2 unspecified atom stereocenters. The van der Waals surface area contributed by atoms with E-state index in [1.165, 1.54) is 19.3 Å². The first-order valence-electron chi connectivity index (χ1n) is 4.95. The van der Waals surface area contributed by atoms with Gasteiger partial charge in [0.15, 0.2) is 0 Å². The molecular formula is C10H14BrF. The van der Waals surface area contributed by atoms with Crippen LogP contribution in [-0.4, -0.2) is 9.99 Å². The van der Waals surface area contributed by atoms with Crippen molar-refractivity contribution in [1.82, 2.24) is 0 Å². The summed E-state index contributed by atoms with van der Waals surface area (Å²) in [6, 6.07) is 0. The predicted molar refractivity (Wildman–Crippen MR) is 50.2 cm³/mol. The van der Waals surface area contributed by atoms with Gasteiger partial charge in [-0.2, -0.15) is 0 Å². The molecule has 4 fully saturated rings. The lowest BCUT2D eigenvalue weighted by Crippen LogP contribution is -2.54. The van der Waals surface area contributed by atoms with Crippen LogP contribution in [0.2, 0.25) is 0 Å². The topological polar surface area (TPSA) is 0 Å². The zero-order valence-electron chi connectivity index (χ0n) is 7.15. The van der Waals surface area contributed by atoms with Crippen LogP contribution in [0.5, 0.6) is 0 Å². The van der Waals surface area contributed by atoms with E-state index in [-0.39, 0.29) is 4.32 Å². The van der Waals surface area contributed by atoms with Gasteiger partial charge in [0.05, 0.1) is 0 Å². The third kappa shape index (κ3) is 0.997. The molecule has 2 atom stereocenters. The quantitative estimate of drug-likeness (QED) is 0.562. The van der Waals surface area contributed by atoms with Crippen LogP contribution in [0.3, 0.4) is 0 Å². The minimum Gasteiger partial charge on any atom is -0.244 e. The Labute approximate surface area is 81.0 Å². The van der Waals surface area contributed by atoms with Gasteiger partial charge in [0.1, 0.15) is 5.67 Å². The van der Waals surface area contributed by atoms with Crippen LogP contribution < -0.4 is 0 Å². The normalized spacial score (nSPS) is 62.5. The fourth-order valence-electron chi connectivity index (χ4n) is 4.04. The Morgan fingerprint density at radius 3 is 2.08 bits per heavy atom. The molecule has 0 aliphatic heterocycles. The molecule has 4 aliphatic carbocycles. The minimum absolute atomic E-state index is 0.200. The van der Waals surface area contributed by atoms with E-state index in [0.29, 0.717) is 11.8 Å². The molecule has 4 aliphatic rings. The van der Waals surface area contributed by atoms with Gasteiger partial charge in [0.2, 0.25) is 0 Å². The molecule has 0 nitrogen and oxygen atoms in total. The number of halogens is 2. The summed E-state index contributed by atoms with van der Waals surface area (Å²) >= 11 is 3.75. The average molecular weight is 233 g/mol. The Bertz CT molecular complexity index is 192. The van der Waals surface area contributed by atoms with Crippen LogP contribution in [0.15, 0.2) is 0 Å². The number of hydrogen-bond acceptors (Lipinski definition) is 0. The molecule has 2 heteroatoms. The third-order valence-electron chi connectivity index (χ3n) is 3.92. The fourth-order valence-corrected chi connectivity index (χ4v) is 5.46. The van der Waals surface area contributed by atoms with Crippen molar-refractivity contribution in [2.45, 2.75) is 48.5 Å². The lowest BCUT2D eigenvalue weighted by molar-refractivity contribution is -0.0575. The van der Waals surface area contributed by atoms with Crippen molar-refractivity contribution < 1.29 is 4.39 Å². The van der Waals surface area contributed by atoms with Gasteiger partial charge in [0, 0.05) is 4.32 Å². The fraction of sp³-hybridized carbons (Fsp3) is 1.00. The van der Waals surface area contributed by atoms with E-state index in [2.05, 4.69) is 15.9 Å². The number of rotatable bonds is 0. The van der Waals surface area contributed by atoms with Crippen molar-refractivity contribution in [2.75, 3.05) is 0 Å². The van der Waals surface area contributed by atoms with Gasteiger partial charge in [-0.25, -0.2) is 4.39 Å². The van der Waals surface area contributed by atoms with Gasteiger partial charge in [-0.05, 0) is 50.4 Å². The van der Waals surface area contributed by atoms with Crippen molar-refractivity contribution in [2.24, 2.45) is 11.8 Å². The van der Waals surface area contributed by atoms with Crippen LogP contribution in [0.4, 0.5) is 4.39 Å². The van der Waals surface area contributed by atoms with E-state index in [1.807, 2.05) is 0 Å². The maximum absolute atomic E-state index is 14.1. The van der Waals surface area contributed by atoms with Gasteiger partial charge >= 0.3 is 0 Å². The summed E-state index contributed by atoms with van der Waals surface area (Å²) in [4.78, 5) is 0. The first-order valence-corrected chi connectivity index (χ1v) is 5.74. The average Bonchev–Trinajstić information content (AvgIpc) is 1.75. The Kier molecular flexibility index (Phi) is 1.35. The Balaban J connectivity index is 1.98. The van der Waals surface area contributed by atoms with Crippen LogP contribution in [-0.2, 0) is 0 Å². The molecule has 4 bridgehead atoms. The summed E-state index contributed by atoms with van der Waals surface area (Å²) < 4.78 is 14.3. The molecule has 0 aromatic rings. The molecule has 0 radical (unpaired) electrons. The van der Waals surface area contributed by atoms with Crippen molar-refractivity contribution in [3.05, 3.63) is 0 Å². The molecule has 0 N–H and O–H groups in total. The number of alkyl halides is 2. The zero-order valence-corrected chi connectivity index (χ0v) is 8.74. The molecule has 68 valence electrons. The SMILES string of the molecule is FC12CC3CC(C1)CC(Br)(C3)C2. The van der Waals surface area contributed by atoms with E-state index < -0.39 is 5.67 Å². The van der Waals surface area contributed by atoms with E-state index in [0.717, 1.165) is 19.3 Å². The maximum atomic E-state index is 14.1. The highest BCUT2D eigenvalue weighted by Gasteiger charge is 2.57. The molecule has 0 saturated heterocycles. The summed E-state index contributed by atoms with van der Waals surface area (Å²) in [7, 11) is 0. The third-order valence-corrected chi connectivity index (χ3v) is 4.85. The smallest absolute Gasteiger partial charge is 0.113 e. The molecular weight excluding hydrogens is 219 g/mol. The first-order chi connectivity index (χ1) is 5.57. The van der Waals surface area contributed by atoms with E-state index >= 15 is 0 Å². The van der Waals surface area contributed by atoms with Gasteiger partial charge < -0.3 is 0 Å².